The van der Waals surface area contributed by atoms with Gasteiger partial charge in [-0.3, -0.25) is 10.1 Å². The molecule has 2 aromatic rings. The van der Waals surface area contributed by atoms with Gasteiger partial charge in [0.05, 0.1) is 24.7 Å². The van der Waals surface area contributed by atoms with Crippen molar-refractivity contribution in [2.75, 3.05) is 14.2 Å². The van der Waals surface area contributed by atoms with Crippen molar-refractivity contribution < 1.29 is 27.2 Å². The highest BCUT2D eigenvalue weighted by molar-refractivity contribution is 7.89. The van der Waals surface area contributed by atoms with Crippen LogP contribution in [0, 0.1) is 15.9 Å². The minimum absolute atomic E-state index is 0.265. The van der Waals surface area contributed by atoms with E-state index in [1.807, 2.05) is 0 Å². The third-order valence-electron chi connectivity index (χ3n) is 3.54. The van der Waals surface area contributed by atoms with Gasteiger partial charge in [0.2, 0.25) is 10.0 Å². The van der Waals surface area contributed by atoms with E-state index in [0.717, 1.165) is 12.1 Å². The Kier molecular flexibility index (Phi) is 5.24. The third kappa shape index (κ3) is 3.86. The summed E-state index contributed by atoms with van der Waals surface area (Å²) >= 11 is 0. The molecule has 2 aromatic carbocycles. The van der Waals surface area contributed by atoms with Crippen LogP contribution in [0.15, 0.2) is 35.2 Å². The molecule has 0 aromatic heterocycles. The van der Waals surface area contributed by atoms with Gasteiger partial charge >= 0.3 is 0 Å². The number of sulfonamides is 1. The number of benzene rings is 2. The second kappa shape index (κ2) is 7.03. The first kappa shape index (κ1) is 18.6. The number of hydrogen-bond acceptors (Lipinski definition) is 6. The highest BCUT2D eigenvalue weighted by atomic mass is 32.2. The second-order valence-corrected chi connectivity index (χ2v) is 6.56. The molecule has 10 heteroatoms. The number of hydrogen-bond donors (Lipinski definition) is 1. The molecule has 8 nitrogen and oxygen atoms in total. The Morgan fingerprint density at radius 3 is 2.40 bits per heavy atom. The lowest BCUT2D eigenvalue weighted by Gasteiger charge is -2.12. The van der Waals surface area contributed by atoms with E-state index >= 15 is 0 Å². The lowest BCUT2D eigenvalue weighted by molar-refractivity contribution is -0.388. The quantitative estimate of drug-likeness (QED) is 0.613. The maximum Gasteiger partial charge on any atom is 0.295 e. The predicted molar refractivity (Wildman–Crippen MR) is 86.8 cm³/mol. The smallest absolute Gasteiger partial charge is 0.295 e. The van der Waals surface area contributed by atoms with E-state index in [4.69, 9.17) is 14.6 Å². The molecule has 0 spiro atoms. The van der Waals surface area contributed by atoms with Gasteiger partial charge in [0, 0.05) is 12.5 Å². The Labute approximate surface area is 143 Å². The van der Waals surface area contributed by atoms with Crippen molar-refractivity contribution in [2.45, 2.75) is 11.3 Å². The van der Waals surface area contributed by atoms with Crippen LogP contribution in [0.25, 0.3) is 0 Å². The van der Waals surface area contributed by atoms with Crippen LogP contribution in [0.2, 0.25) is 0 Å². The van der Waals surface area contributed by atoms with Crippen LogP contribution < -0.4 is 14.6 Å². The summed E-state index contributed by atoms with van der Waals surface area (Å²) in [5, 5.41) is 16.4. The molecule has 0 aliphatic heterocycles. The van der Waals surface area contributed by atoms with Crippen LogP contribution in [-0.2, 0) is 16.4 Å². The molecule has 2 N–H and O–H groups in total. The molecule has 0 radical (unpaired) electrons. The molecule has 0 saturated heterocycles. The zero-order chi connectivity index (χ0) is 18.8. The highest BCUT2D eigenvalue weighted by Crippen LogP contribution is 2.34. The standard InChI is InChI=1S/C15H15FN2O6S/c1-23-10-4-3-9(13(8-10)24-2)7-11-12(16)5-6-14(25(17,21)22)15(11)18(19)20/h3-6,8H,7H2,1-2H3,(H2,17,21,22). The van der Waals surface area contributed by atoms with E-state index in [0.29, 0.717) is 17.1 Å². The molecule has 0 saturated carbocycles. The SMILES string of the molecule is COc1ccc(Cc2c(F)ccc(S(N)(=O)=O)c2[N+](=O)[O-])c(OC)c1. The van der Waals surface area contributed by atoms with Crippen molar-refractivity contribution in [3.05, 3.63) is 57.4 Å². The molecule has 134 valence electrons. The van der Waals surface area contributed by atoms with E-state index in [1.54, 1.807) is 12.1 Å². The first-order valence-electron chi connectivity index (χ1n) is 6.88. The number of primary sulfonamides is 1. The number of nitro groups is 1. The number of nitro benzene ring substituents is 1. The first-order valence-corrected chi connectivity index (χ1v) is 8.43. The van der Waals surface area contributed by atoms with Crippen molar-refractivity contribution in [1.29, 1.82) is 0 Å². The van der Waals surface area contributed by atoms with E-state index in [1.165, 1.54) is 20.3 Å². The summed E-state index contributed by atoms with van der Waals surface area (Å²) in [4.78, 5) is 9.64. The molecule has 0 aliphatic rings. The average molecular weight is 370 g/mol. The van der Waals surface area contributed by atoms with Gasteiger partial charge in [-0.25, -0.2) is 17.9 Å². The van der Waals surface area contributed by atoms with Gasteiger partial charge < -0.3 is 9.47 Å². The average Bonchev–Trinajstić information content (AvgIpc) is 2.55. The number of rotatable bonds is 6. The first-order chi connectivity index (χ1) is 11.7. The number of ether oxygens (including phenoxy) is 2. The molecular formula is C15H15FN2O6S. The van der Waals surface area contributed by atoms with Crippen LogP contribution >= 0.6 is 0 Å². The molecule has 0 atom stereocenters. The number of nitrogens with two attached hydrogens (primary N) is 1. The van der Waals surface area contributed by atoms with Crippen molar-refractivity contribution in [3.63, 3.8) is 0 Å². The highest BCUT2D eigenvalue weighted by Gasteiger charge is 2.30. The van der Waals surface area contributed by atoms with Crippen LogP contribution in [0.4, 0.5) is 10.1 Å². The zero-order valence-corrected chi connectivity index (χ0v) is 14.2. The fourth-order valence-corrected chi connectivity index (χ4v) is 3.10. The van der Waals surface area contributed by atoms with Gasteiger partial charge in [0.25, 0.3) is 5.69 Å². The number of methoxy groups -OCH3 is 2. The molecule has 0 aliphatic carbocycles. The Hall–Kier alpha value is -2.72. The second-order valence-electron chi connectivity index (χ2n) is 5.03. The normalized spacial score (nSPS) is 11.2. The maximum absolute atomic E-state index is 14.2. The molecule has 2 rings (SSSR count). The lowest BCUT2D eigenvalue weighted by atomic mass is 10.0. The van der Waals surface area contributed by atoms with Crippen molar-refractivity contribution in [2.24, 2.45) is 5.14 Å². The fraction of sp³-hybridized carbons (Fsp3) is 0.200. The molecule has 0 heterocycles. The van der Waals surface area contributed by atoms with E-state index in [9.17, 15) is 22.9 Å². The van der Waals surface area contributed by atoms with Crippen molar-refractivity contribution in [3.8, 4) is 11.5 Å². The summed E-state index contributed by atoms with van der Waals surface area (Å²) in [6.07, 6.45) is -0.265. The minimum atomic E-state index is -4.40. The third-order valence-corrected chi connectivity index (χ3v) is 4.48. The summed E-state index contributed by atoms with van der Waals surface area (Å²) < 4.78 is 47.7. The minimum Gasteiger partial charge on any atom is -0.497 e. The van der Waals surface area contributed by atoms with Crippen LogP contribution in [-0.4, -0.2) is 27.6 Å². The summed E-state index contributed by atoms with van der Waals surface area (Å²) in [6.45, 7) is 0. The maximum atomic E-state index is 14.2. The monoisotopic (exact) mass is 370 g/mol. The molecule has 0 bridgehead atoms. The van der Waals surface area contributed by atoms with Crippen LogP contribution in [0.3, 0.4) is 0 Å². The van der Waals surface area contributed by atoms with E-state index in [-0.39, 0.29) is 6.42 Å². The van der Waals surface area contributed by atoms with Crippen molar-refractivity contribution >= 4 is 15.7 Å². The number of nitrogens with zero attached hydrogens (tertiary/aromatic N) is 1. The van der Waals surface area contributed by atoms with Crippen LogP contribution in [0.5, 0.6) is 11.5 Å². The van der Waals surface area contributed by atoms with Gasteiger partial charge in [-0.2, -0.15) is 0 Å². The topological polar surface area (TPSA) is 122 Å². The van der Waals surface area contributed by atoms with Gasteiger partial charge in [0.15, 0.2) is 4.90 Å². The van der Waals surface area contributed by atoms with E-state index < -0.39 is 36.9 Å². The van der Waals surface area contributed by atoms with Gasteiger partial charge in [-0.15, -0.1) is 0 Å². The Morgan fingerprint density at radius 2 is 1.88 bits per heavy atom. The Bertz CT molecular complexity index is 930. The van der Waals surface area contributed by atoms with Gasteiger partial charge in [0.1, 0.15) is 17.3 Å². The number of halogens is 1. The Morgan fingerprint density at radius 1 is 1.20 bits per heavy atom. The summed E-state index contributed by atoms with van der Waals surface area (Å²) in [5.74, 6) is -0.125. The predicted octanol–water partition coefficient (Wildman–Crippen LogP) is 1.99. The molecule has 0 amide bonds. The molecule has 25 heavy (non-hydrogen) atoms. The molecule has 0 fully saturated rings. The fourth-order valence-electron chi connectivity index (χ4n) is 2.38. The molecule has 0 unspecified atom stereocenters. The lowest BCUT2D eigenvalue weighted by Crippen LogP contribution is -2.16. The summed E-state index contributed by atoms with van der Waals surface area (Å²) in [6, 6.07) is 6.26. The van der Waals surface area contributed by atoms with Crippen molar-refractivity contribution in [1.82, 2.24) is 0 Å². The molecular weight excluding hydrogens is 355 g/mol. The largest absolute Gasteiger partial charge is 0.497 e. The summed E-state index contributed by atoms with van der Waals surface area (Å²) in [5.41, 5.74) is -0.878. The van der Waals surface area contributed by atoms with E-state index in [2.05, 4.69) is 0 Å². The van der Waals surface area contributed by atoms with Gasteiger partial charge in [-0.1, -0.05) is 6.07 Å². The zero-order valence-electron chi connectivity index (χ0n) is 13.4. The summed E-state index contributed by atoms with van der Waals surface area (Å²) in [7, 11) is -1.56. The van der Waals surface area contributed by atoms with Gasteiger partial charge in [-0.05, 0) is 23.8 Å². The Balaban J connectivity index is 2.66. The van der Waals surface area contributed by atoms with Crippen LogP contribution in [0.1, 0.15) is 11.1 Å².